The summed E-state index contributed by atoms with van der Waals surface area (Å²) < 4.78 is 5.34. The van der Waals surface area contributed by atoms with E-state index in [1.54, 1.807) is 7.11 Å². The number of benzene rings is 2. The molecule has 5 nitrogen and oxygen atoms in total. The lowest BCUT2D eigenvalue weighted by Crippen LogP contribution is -2.32. The third-order valence-corrected chi connectivity index (χ3v) is 5.94. The Morgan fingerprint density at radius 2 is 1.45 bits per heavy atom. The van der Waals surface area contributed by atoms with E-state index in [4.69, 9.17) is 4.74 Å². The molecular formula is C24H30N2O3. The summed E-state index contributed by atoms with van der Waals surface area (Å²) in [4.78, 5) is 25.4. The quantitative estimate of drug-likeness (QED) is 0.749. The SMILES string of the molecule is COc1ccc(C)cc1NC(=O)C1CCC(C(=O)Nc2cccc(C)c2C)CC1. The van der Waals surface area contributed by atoms with Crippen LogP contribution in [0.25, 0.3) is 0 Å². The highest BCUT2D eigenvalue weighted by atomic mass is 16.5. The molecule has 2 aromatic carbocycles. The molecule has 154 valence electrons. The number of methoxy groups -OCH3 is 1. The topological polar surface area (TPSA) is 67.4 Å². The number of hydrogen-bond acceptors (Lipinski definition) is 3. The number of amides is 2. The van der Waals surface area contributed by atoms with Gasteiger partial charge in [-0.3, -0.25) is 9.59 Å². The summed E-state index contributed by atoms with van der Waals surface area (Å²) in [5.74, 6) is 0.586. The van der Waals surface area contributed by atoms with Crippen molar-refractivity contribution in [2.75, 3.05) is 17.7 Å². The number of aryl methyl sites for hydroxylation is 2. The van der Waals surface area contributed by atoms with Crippen molar-refractivity contribution in [2.45, 2.75) is 46.5 Å². The van der Waals surface area contributed by atoms with Crippen LogP contribution in [0, 0.1) is 32.6 Å². The monoisotopic (exact) mass is 394 g/mol. The van der Waals surface area contributed by atoms with Crippen molar-refractivity contribution in [1.82, 2.24) is 0 Å². The fourth-order valence-electron chi connectivity index (χ4n) is 3.89. The van der Waals surface area contributed by atoms with Crippen LogP contribution in [0.2, 0.25) is 0 Å². The van der Waals surface area contributed by atoms with Gasteiger partial charge in [-0.05, 0) is 81.3 Å². The Labute approximate surface area is 172 Å². The fourth-order valence-corrected chi connectivity index (χ4v) is 3.89. The molecule has 0 aliphatic heterocycles. The number of nitrogens with one attached hydrogen (secondary N) is 2. The molecule has 29 heavy (non-hydrogen) atoms. The predicted octanol–water partition coefficient (Wildman–Crippen LogP) is 5.00. The molecule has 1 aliphatic carbocycles. The summed E-state index contributed by atoms with van der Waals surface area (Å²) in [6, 6.07) is 11.7. The molecule has 0 bridgehead atoms. The summed E-state index contributed by atoms with van der Waals surface area (Å²) in [6.45, 7) is 6.04. The van der Waals surface area contributed by atoms with Gasteiger partial charge in [0.05, 0.1) is 12.8 Å². The molecule has 2 aromatic rings. The lowest BCUT2D eigenvalue weighted by atomic mass is 9.81. The van der Waals surface area contributed by atoms with Crippen molar-refractivity contribution in [2.24, 2.45) is 11.8 Å². The van der Waals surface area contributed by atoms with Gasteiger partial charge < -0.3 is 15.4 Å². The normalized spacial score (nSPS) is 18.8. The van der Waals surface area contributed by atoms with Crippen LogP contribution in [0.1, 0.15) is 42.4 Å². The van der Waals surface area contributed by atoms with Crippen LogP contribution in [0.4, 0.5) is 11.4 Å². The Morgan fingerprint density at radius 3 is 2.03 bits per heavy atom. The third-order valence-electron chi connectivity index (χ3n) is 5.94. The van der Waals surface area contributed by atoms with Gasteiger partial charge in [-0.2, -0.15) is 0 Å². The smallest absolute Gasteiger partial charge is 0.227 e. The third kappa shape index (κ3) is 4.97. The van der Waals surface area contributed by atoms with Crippen molar-refractivity contribution >= 4 is 23.2 Å². The highest BCUT2D eigenvalue weighted by Gasteiger charge is 2.30. The summed E-state index contributed by atoms with van der Waals surface area (Å²) in [7, 11) is 1.60. The Bertz CT molecular complexity index is 899. The second-order valence-electron chi connectivity index (χ2n) is 7.98. The minimum atomic E-state index is -0.0787. The Balaban J connectivity index is 1.56. The van der Waals surface area contributed by atoms with E-state index in [2.05, 4.69) is 10.6 Å². The minimum absolute atomic E-state index is 0.00212. The van der Waals surface area contributed by atoms with Crippen molar-refractivity contribution < 1.29 is 14.3 Å². The van der Waals surface area contributed by atoms with E-state index >= 15 is 0 Å². The lowest BCUT2D eigenvalue weighted by Gasteiger charge is -2.27. The number of anilines is 2. The van der Waals surface area contributed by atoms with E-state index in [1.807, 2.05) is 57.2 Å². The fraction of sp³-hybridized carbons (Fsp3) is 0.417. The second-order valence-corrected chi connectivity index (χ2v) is 7.98. The molecule has 1 saturated carbocycles. The molecule has 2 amide bonds. The number of hydrogen-bond donors (Lipinski definition) is 2. The molecule has 2 N–H and O–H groups in total. The van der Waals surface area contributed by atoms with Gasteiger partial charge in [-0.15, -0.1) is 0 Å². The number of carbonyl (C=O) groups excluding carboxylic acids is 2. The van der Waals surface area contributed by atoms with Crippen LogP contribution in [0.5, 0.6) is 5.75 Å². The number of carbonyl (C=O) groups is 2. The van der Waals surface area contributed by atoms with Gasteiger partial charge in [-0.1, -0.05) is 18.2 Å². The first-order chi connectivity index (χ1) is 13.9. The standard InChI is InChI=1S/C24H30N2O3/c1-15-8-13-22(29-4)21(14-15)26-24(28)19-11-9-18(10-12-19)23(27)25-20-7-5-6-16(2)17(20)3/h5-8,13-14,18-19H,9-12H2,1-4H3,(H,25,27)(H,26,28). The molecule has 0 atom stereocenters. The summed E-state index contributed by atoms with van der Waals surface area (Å²) in [6.07, 6.45) is 2.87. The van der Waals surface area contributed by atoms with Gasteiger partial charge in [-0.25, -0.2) is 0 Å². The molecule has 3 rings (SSSR count). The Morgan fingerprint density at radius 1 is 0.862 bits per heavy atom. The highest BCUT2D eigenvalue weighted by Crippen LogP contribution is 2.32. The molecule has 0 spiro atoms. The van der Waals surface area contributed by atoms with Gasteiger partial charge in [0.25, 0.3) is 0 Å². The number of ether oxygens (including phenoxy) is 1. The van der Waals surface area contributed by atoms with Crippen LogP contribution in [0.3, 0.4) is 0 Å². The van der Waals surface area contributed by atoms with Crippen LogP contribution in [-0.2, 0) is 9.59 Å². The Hall–Kier alpha value is -2.82. The molecule has 1 aliphatic rings. The van der Waals surface area contributed by atoms with E-state index < -0.39 is 0 Å². The molecule has 5 heteroatoms. The first-order valence-corrected chi connectivity index (χ1v) is 10.2. The first-order valence-electron chi connectivity index (χ1n) is 10.2. The van der Waals surface area contributed by atoms with E-state index in [9.17, 15) is 9.59 Å². The maximum absolute atomic E-state index is 12.7. The second kappa shape index (κ2) is 9.12. The highest BCUT2D eigenvalue weighted by molar-refractivity contribution is 5.95. The number of rotatable bonds is 5. The van der Waals surface area contributed by atoms with Crippen LogP contribution < -0.4 is 15.4 Å². The van der Waals surface area contributed by atoms with Crippen LogP contribution in [-0.4, -0.2) is 18.9 Å². The van der Waals surface area contributed by atoms with E-state index in [0.717, 1.165) is 35.2 Å². The molecule has 1 fully saturated rings. The van der Waals surface area contributed by atoms with E-state index in [1.165, 1.54) is 0 Å². The van der Waals surface area contributed by atoms with Gasteiger partial charge >= 0.3 is 0 Å². The zero-order valence-corrected chi connectivity index (χ0v) is 17.7. The first kappa shape index (κ1) is 20.9. The zero-order valence-electron chi connectivity index (χ0n) is 17.7. The Kier molecular flexibility index (Phi) is 6.57. The largest absolute Gasteiger partial charge is 0.495 e. The van der Waals surface area contributed by atoms with Gasteiger partial charge in [0, 0.05) is 17.5 Å². The van der Waals surface area contributed by atoms with Gasteiger partial charge in [0.15, 0.2) is 0 Å². The zero-order chi connectivity index (χ0) is 21.0. The lowest BCUT2D eigenvalue weighted by molar-refractivity contribution is -0.125. The van der Waals surface area contributed by atoms with Crippen molar-refractivity contribution in [3.05, 3.63) is 53.1 Å². The van der Waals surface area contributed by atoms with Gasteiger partial charge in [0.1, 0.15) is 5.75 Å². The van der Waals surface area contributed by atoms with Crippen molar-refractivity contribution in [3.63, 3.8) is 0 Å². The molecule has 0 radical (unpaired) electrons. The van der Waals surface area contributed by atoms with Crippen LogP contribution >= 0.6 is 0 Å². The van der Waals surface area contributed by atoms with Crippen molar-refractivity contribution in [3.8, 4) is 5.75 Å². The predicted molar refractivity (Wildman–Crippen MR) is 116 cm³/mol. The van der Waals surface area contributed by atoms with Crippen molar-refractivity contribution in [1.29, 1.82) is 0 Å². The summed E-state index contributed by atoms with van der Waals surface area (Å²) in [5.41, 5.74) is 4.90. The maximum atomic E-state index is 12.7. The average molecular weight is 395 g/mol. The molecule has 0 unspecified atom stereocenters. The average Bonchev–Trinajstić information content (AvgIpc) is 2.71. The molecule has 0 saturated heterocycles. The molecule has 0 heterocycles. The minimum Gasteiger partial charge on any atom is -0.495 e. The summed E-state index contributed by atoms with van der Waals surface area (Å²) >= 11 is 0. The van der Waals surface area contributed by atoms with Crippen LogP contribution in [0.15, 0.2) is 36.4 Å². The molecule has 0 aromatic heterocycles. The van der Waals surface area contributed by atoms with E-state index in [-0.39, 0.29) is 23.7 Å². The summed E-state index contributed by atoms with van der Waals surface area (Å²) in [5, 5.41) is 6.08. The molecular weight excluding hydrogens is 364 g/mol. The maximum Gasteiger partial charge on any atom is 0.227 e. The van der Waals surface area contributed by atoms with Gasteiger partial charge in [0.2, 0.25) is 11.8 Å². The van der Waals surface area contributed by atoms with E-state index in [0.29, 0.717) is 24.3 Å².